The molecule has 0 aliphatic heterocycles. The molecule has 18 heteroatoms. The molecule has 2 aliphatic rings. The van der Waals surface area contributed by atoms with Crippen molar-refractivity contribution in [1.29, 1.82) is 0 Å². The lowest BCUT2D eigenvalue weighted by molar-refractivity contribution is -0.145. The fourth-order valence-corrected chi connectivity index (χ4v) is 8.71. The molecule has 6 atom stereocenters. The molecule has 0 spiro atoms. The standard InChI is InChI=1S/2C25H20F7NO/c2*1-14(16-11-17(24(27,28)29)13-18(12-16)25(30,31)32)34-22-9-8-21-20(3-2-10-33-21)23(22)15-4-6-19(26)7-5-15/h2*2-7,10-14,22-23H,8-9H2,1H3/t14-,22+,23+;14-,22-,23-/m10/s1. The number of fused-ring (bicyclic) bond motifs is 2. The zero-order valence-corrected chi connectivity index (χ0v) is 35.8. The van der Waals surface area contributed by atoms with Gasteiger partial charge in [-0.15, -0.1) is 0 Å². The summed E-state index contributed by atoms with van der Waals surface area (Å²) in [5, 5.41) is 0. The maximum absolute atomic E-state index is 13.5. The summed E-state index contributed by atoms with van der Waals surface area (Å²) in [5.74, 6) is -1.68. The molecule has 0 saturated heterocycles. The SMILES string of the molecule is C[C@@H](O[C@H]1CCc2ncccc2[C@@H]1c1ccc(F)cc1)c1cc(C(F)(F)F)cc(C(F)(F)F)c1.C[C@H](O[C@H]1CCc2ncccc2[C@@H]1c1ccc(F)cc1)c1cc(C(F)(F)F)cc(C(F)(F)F)c1. The summed E-state index contributed by atoms with van der Waals surface area (Å²) in [5.41, 5.74) is -1.26. The van der Waals surface area contributed by atoms with Crippen LogP contribution in [-0.4, -0.2) is 22.2 Å². The highest BCUT2D eigenvalue weighted by atomic mass is 19.4. The molecular weight excluding hydrogens is 927 g/mol. The molecule has 2 heterocycles. The van der Waals surface area contributed by atoms with Crippen LogP contribution in [0, 0.1) is 11.6 Å². The van der Waals surface area contributed by atoms with Gasteiger partial charge in [-0.1, -0.05) is 36.4 Å². The molecule has 0 radical (unpaired) electrons. The molecule has 4 aromatic carbocycles. The van der Waals surface area contributed by atoms with Crippen molar-refractivity contribution >= 4 is 0 Å². The van der Waals surface area contributed by atoms with Crippen LogP contribution in [0.4, 0.5) is 61.5 Å². The number of alkyl halides is 12. The second-order valence-electron chi connectivity index (χ2n) is 16.5. The number of hydrogen-bond acceptors (Lipinski definition) is 4. The van der Waals surface area contributed by atoms with Crippen molar-refractivity contribution < 1.29 is 70.9 Å². The lowest BCUT2D eigenvalue weighted by Gasteiger charge is -2.35. The molecule has 6 aromatic rings. The zero-order chi connectivity index (χ0) is 49.3. The summed E-state index contributed by atoms with van der Waals surface area (Å²) in [6.45, 7) is 2.85. The van der Waals surface area contributed by atoms with Crippen LogP contribution in [0.5, 0.6) is 0 Å². The van der Waals surface area contributed by atoms with E-state index in [1.54, 1.807) is 48.8 Å². The Morgan fingerprint density at radius 1 is 0.456 bits per heavy atom. The smallest absolute Gasteiger partial charge is 0.370 e. The van der Waals surface area contributed by atoms with Crippen LogP contribution in [0.2, 0.25) is 0 Å². The second-order valence-corrected chi connectivity index (χ2v) is 16.5. The predicted octanol–water partition coefficient (Wildman–Crippen LogP) is 15.0. The van der Waals surface area contributed by atoms with E-state index >= 15 is 0 Å². The maximum Gasteiger partial charge on any atom is 0.416 e. The van der Waals surface area contributed by atoms with Gasteiger partial charge in [-0.25, -0.2) is 8.78 Å². The van der Waals surface area contributed by atoms with Crippen LogP contribution >= 0.6 is 0 Å². The van der Waals surface area contributed by atoms with E-state index in [1.807, 2.05) is 12.1 Å². The van der Waals surface area contributed by atoms with Gasteiger partial charge < -0.3 is 9.47 Å². The quantitative estimate of drug-likeness (QED) is 0.143. The van der Waals surface area contributed by atoms with Crippen molar-refractivity contribution in [2.45, 2.75) is 100 Å². The number of benzene rings is 4. The number of rotatable bonds is 8. The van der Waals surface area contributed by atoms with Gasteiger partial charge in [0.15, 0.2) is 0 Å². The Hall–Kier alpha value is -5.88. The van der Waals surface area contributed by atoms with Crippen molar-refractivity contribution in [2.75, 3.05) is 0 Å². The third kappa shape index (κ3) is 11.7. The molecular formula is C50H40F14N2O2. The van der Waals surface area contributed by atoms with E-state index in [2.05, 4.69) is 9.97 Å². The minimum Gasteiger partial charge on any atom is -0.370 e. The lowest BCUT2D eigenvalue weighted by Crippen LogP contribution is -2.30. The molecule has 0 bridgehead atoms. The Balaban J connectivity index is 0.000000201. The normalized spacial score (nSPS) is 19.5. The molecule has 0 saturated carbocycles. The largest absolute Gasteiger partial charge is 0.416 e. The summed E-state index contributed by atoms with van der Waals surface area (Å²) < 4.78 is 199. The molecule has 8 rings (SSSR count). The van der Waals surface area contributed by atoms with E-state index < -0.39 is 94.8 Å². The van der Waals surface area contributed by atoms with E-state index in [0.717, 1.165) is 22.5 Å². The van der Waals surface area contributed by atoms with Gasteiger partial charge >= 0.3 is 24.7 Å². The number of nitrogens with zero attached hydrogens (tertiary/aromatic N) is 2. The number of ether oxygens (including phenoxy) is 2. The van der Waals surface area contributed by atoms with Crippen molar-refractivity contribution in [1.82, 2.24) is 9.97 Å². The summed E-state index contributed by atoms with van der Waals surface area (Å²) in [7, 11) is 0. The van der Waals surface area contributed by atoms with Gasteiger partial charge in [0.05, 0.1) is 46.7 Å². The fraction of sp³-hybridized carbons (Fsp3) is 0.320. The molecule has 0 fully saturated rings. The number of aryl methyl sites for hydroxylation is 2. The minimum absolute atomic E-state index is 0.0973. The van der Waals surface area contributed by atoms with Gasteiger partial charge in [-0.3, -0.25) is 9.97 Å². The zero-order valence-electron chi connectivity index (χ0n) is 35.8. The van der Waals surface area contributed by atoms with Gasteiger partial charge in [0.2, 0.25) is 0 Å². The molecule has 4 nitrogen and oxygen atoms in total. The van der Waals surface area contributed by atoms with Crippen LogP contribution < -0.4 is 0 Å². The Kier molecular flexibility index (Phi) is 14.4. The van der Waals surface area contributed by atoms with E-state index in [9.17, 15) is 61.5 Å². The van der Waals surface area contributed by atoms with Crippen LogP contribution in [0.3, 0.4) is 0 Å². The Labute approximate surface area is 381 Å². The van der Waals surface area contributed by atoms with Gasteiger partial charge in [0, 0.05) is 35.6 Å². The number of pyridine rings is 2. The first-order chi connectivity index (χ1) is 31.9. The first-order valence-corrected chi connectivity index (χ1v) is 21.1. The predicted molar refractivity (Wildman–Crippen MR) is 221 cm³/mol. The monoisotopic (exact) mass is 966 g/mol. The fourth-order valence-electron chi connectivity index (χ4n) is 8.71. The first kappa shape index (κ1) is 50.0. The molecule has 0 unspecified atom stereocenters. The maximum atomic E-state index is 13.5. The van der Waals surface area contributed by atoms with Gasteiger partial charge in [-0.2, -0.15) is 52.7 Å². The van der Waals surface area contributed by atoms with Crippen LogP contribution in [0.25, 0.3) is 0 Å². The summed E-state index contributed by atoms with van der Waals surface area (Å²) in [4.78, 5) is 8.76. The summed E-state index contributed by atoms with van der Waals surface area (Å²) in [6.07, 6.45) is -17.8. The third-order valence-electron chi connectivity index (χ3n) is 12.0. The molecule has 68 heavy (non-hydrogen) atoms. The van der Waals surface area contributed by atoms with Crippen molar-refractivity contribution in [2.24, 2.45) is 0 Å². The Morgan fingerprint density at radius 2 is 0.765 bits per heavy atom. The third-order valence-corrected chi connectivity index (χ3v) is 12.0. The average molecular weight is 967 g/mol. The van der Waals surface area contributed by atoms with Crippen LogP contribution in [-0.2, 0) is 47.0 Å². The Morgan fingerprint density at radius 3 is 1.06 bits per heavy atom. The summed E-state index contributed by atoms with van der Waals surface area (Å²) in [6, 6.07) is 21.7. The highest BCUT2D eigenvalue weighted by Gasteiger charge is 2.41. The number of halogens is 14. The topological polar surface area (TPSA) is 44.2 Å². The van der Waals surface area contributed by atoms with E-state index in [4.69, 9.17) is 9.47 Å². The van der Waals surface area contributed by atoms with Crippen LogP contribution in [0.15, 0.2) is 122 Å². The molecule has 0 N–H and O–H groups in total. The molecule has 360 valence electrons. The number of aromatic nitrogens is 2. The first-order valence-electron chi connectivity index (χ1n) is 21.1. The Bertz CT molecular complexity index is 2430. The van der Waals surface area contributed by atoms with Gasteiger partial charge in [-0.05, 0) is 146 Å². The second kappa shape index (κ2) is 19.6. The van der Waals surface area contributed by atoms with Crippen molar-refractivity contribution in [3.8, 4) is 0 Å². The van der Waals surface area contributed by atoms with E-state index in [1.165, 1.54) is 38.1 Å². The molecule has 2 aromatic heterocycles. The van der Waals surface area contributed by atoms with Gasteiger partial charge in [0.25, 0.3) is 0 Å². The summed E-state index contributed by atoms with van der Waals surface area (Å²) >= 11 is 0. The van der Waals surface area contributed by atoms with Gasteiger partial charge in [0.1, 0.15) is 11.6 Å². The molecule has 0 amide bonds. The molecule has 2 aliphatic carbocycles. The van der Waals surface area contributed by atoms with E-state index in [0.29, 0.717) is 61.1 Å². The average Bonchev–Trinajstić information content (AvgIpc) is 3.28. The minimum atomic E-state index is -4.94. The highest BCUT2D eigenvalue weighted by molar-refractivity contribution is 5.41. The lowest BCUT2D eigenvalue weighted by atomic mass is 9.78. The van der Waals surface area contributed by atoms with E-state index in [-0.39, 0.29) is 23.3 Å². The highest BCUT2D eigenvalue weighted by Crippen LogP contribution is 2.44. The number of hydrogen-bond donors (Lipinski definition) is 0. The van der Waals surface area contributed by atoms with Crippen molar-refractivity contribution in [3.05, 3.63) is 200 Å². The van der Waals surface area contributed by atoms with Crippen molar-refractivity contribution in [3.63, 3.8) is 0 Å². The van der Waals surface area contributed by atoms with Crippen LogP contribution in [0.1, 0.15) is 118 Å².